The fourth-order valence-electron chi connectivity index (χ4n) is 3.29. The lowest BCUT2D eigenvalue weighted by Crippen LogP contribution is -2.44. The lowest BCUT2D eigenvalue weighted by molar-refractivity contribution is 0.0258. The molecule has 2 aromatic rings. The summed E-state index contributed by atoms with van der Waals surface area (Å²) < 4.78 is 0. The van der Waals surface area contributed by atoms with E-state index in [1.807, 2.05) is 6.07 Å². The molecule has 0 spiro atoms. The van der Waals surface area contributed by atoms with E-state index in [2.05, 4.69) is 41.5 Å². The van der Waals surface area contributed by atoms with Crippen LogP contribution in [0.25, 0.3) is 11.3 Å². The zero-order valence-electron chi connectivity index (χ0n) is 13.2. The minimum absolute atomic E-state index is 0.0950. The molecular weight excluding hydrogens is 292 g/mol. The van der Waals surface area contributed by atoms with Crippen molar-refractivity contribution < 1.29 is 5.11 Å². The van der Waals surface area contributed by atoms with E-state index < -0.39 is 0 Å². The van der Waals surface area contributed by atoms with Gasteiger partial charge in [0.25, 0.3) is 0 Å². The molecule has 2 heterocycles. The first-order valence-corrected chi connectivity index (χ1v) is 8.96. The standard InChI is InChI=1S/C18H24N2OS/c1-2-18(14-21)9-6-10-20(13-18)11-17-19-16(12-22-17)15-7-4-3-5-8-15/h3-5,7-8,12,21H,2,6,9-11,13-14H2,1H3/t18-/m0/s1. The third kappa shape index (κ3) is 3.40. The number of hydrogen-bond acceptors (Lipinski definition) is 4. The van der Waals surface area contributed by atoms with Crippen molar-refractivity contribution in [2.24, 2.45) is 5.41 Å². The van der Waals surface area contributed by atoms with E-state index in [1.54, 1.807) is 11.3 Å². The largest absolute Gasteiger partial charge is 0.396 e. The number of piperidine rings is 1. The van der Waals surface area contributed by atoms with Gasteiger partial charge in [0.05, 0.1) is 12.2 Å². The van der Waals surface area contributed by atoms with E-state index >= 15 is 0 Å². The van der Waals surface area contributed by atoms with Crippen LogP contribution in [0.1, 0.15) is 31.2 Å². The van der Waals surface area contributed by atoms with E-state index in [1.165, 1.54) is 17.0 Å². The van der Waals surface area contributed by atoms with E-state index in [9.17, 15) is 5.11 Å². The lowest BCUT2D eigenvalue weighted by Gasteiger charge is -2.41. The third-order valence-electron chi connectivity index (χ3n) is 4.81. The van der Waals surface area contributed by atoms with Gasteiger partial charge in [0.15, 0.2) is 0 Å². The van der Waals surface area contributed by atoms with E-state index in [4.69, 9.17) is 4.98 Å². The predicted molar refractivity (Wildman–Crippen MR) is 91.9 cm³/mol. The summed E-state index contributed by atoms with van der Waals surface area (Å²) in [5, 5.41) is 13.1. The Labute approximate surface area is 136 Å². The van der Waals surface area contributed by atoms with Crippen molar-refractivity contribution in [1.29, 1.82) is 0 Å². The van der Waals surface area contributed by atoms with Gasteiger partial charge in [-0.05, 0) is 25.8 Å². The number of rotatable bonds is 5. The van der Waals surface area contributed by atoms with Gasteiger partial charge < -0.3 is 5.11 Å². The number of hydrogen-bond donors (Lipinski definition) is 1. The quantitative estimate of drug-likeness (QED) is 0.911. The highest BCUT2D eigenvalue weighted by Gasteiger charge is 2.33. The summed E-state index contributed by atoms with van der Waals surface area (Å²) in [5.74, 6) is 0. The summed E-state index contributed by atoms with van der Waals surface area (Å²) in [4.78, 5) is 7.24. The maximum absolute atomic E-state index is 9.74. The number of aliphatic hydroxyl groups is 1. The Morgan fingerprint density at radius 2 is 2.14 bits per heavy atom. The van der Waals surface area contributed by atoms with Crippen molar-refractivity contribution in [2.45, 2.75) is 32.7 Å². The summed E-state index contributed by atoms with van der Waals surface area (Å²) in [7, 11) is 0. The zero-order valence-corrected chi connectivity index (χ0v) is 14.0. The minimum Gasteiger partial charge on any atom is -0.396 e. The van der Waals surface area contributed by atoms with E-state index in [0.717, 1.165) is 38.2 Å². The van der Waals surface area contributed by atoms with Crippen LogP contribution in [0.15, 0.2) is 35.7 Å². The zero-order chi connectivity index (χ0) is 15.4. The summed E-state index contributed by atoms with van der Waals surface area (Å²) in [6.07, 6.45) is 3.36. The average Bonchev–Trinajstić information content (AvgIpc) is 3.04. The van der Waals surface area contributed by atoms with Crippen molar-refractivity contribution in [3.63, 3.8) is 0 Å². The lowest BCUT2D eigenvalue weighted by atomic mass is 9.78. The molecule has 4 heteroatoms. The molecule has 1 fully saturated rings. The van der Waals surface area contributed by atoms with Crippen molar-refractivity contribution in [3.05, 3.63) is 40.7 Å². The Balaban J connectivity index is 1.68. The smallest absolute Gasteiger partial charge is 0.107 e. The Hall–Kier alpha value is -1.23. The second-order valence-corrected chi connectivity index (χ2v) is 7.26. The summed E-state index contributed by atoms with van der Waals surface area (Å²) >= 11 is 1.74. The monoisotopic (exact) mass is 316 g/mol. The van der Waals surface area contributed by atoms with Crippen LogP contribution in [-0.2, 0) is 6.54 Å². The van der Waals surface area contributed by atoms with Crippen molar-refractivity contribution in [2.75, 3.05) is 19.7 Å². The van der Waals surface area contributed by atoms with Crippen LogP contribution in [0.5, 0.6) is 0 Å². The number of aliphatic hydroxyl groups excluding tert-OH is 1. The molecular formula is C18H24N2OS. The van der Waals surface area contributed by atoms with E-state index in [-0.39, 0.29) is 5.41 Å². The summed E-state index contributed by atoms with van der Waals surface area (Å²) in [6, 6.07) is 10.3. The van der Waals surface area contributed by atoms with Gasteiger partial charge in [-0.1, -0.05) is 37.3 Å². The topological polar surface area (TPSA) is 36.4 Å². The second-order valence-electron chi connectivity index (χ2n) is 6.32. The van der Waals surface area contributed by atoms with Gasteiger partial charge in [0.2, 0.25) is 0 Å². The highest BCUT2D eigenvalue weighted by atomic mass is 32.1. The summed E-state index contributed by atoms with van der Waals surface area (Å²) in [5.41, 5.74) is 2.35. The van der Waals surface area contributed by atoms with Gasteiger partial charge in [-0.3, -0.25) is 4.90 Å². The fraction of sp³-hybridized carbons (Fsp3) is 0.500. The molecule has 118 valence electrons. The van der Waals surface area contributed by atoms with Crippen LogP contribution >= 0.6 is 11.3 Å². The number of nitrogens with zero attached hydrogens (tertiary/aromatic N) is 2. The molecule has 1 aliphatic rings. The summed E-state index contributed by atoms with van der Waals surface area (Å²) in [6.45, 7) is 5.49. The molecule has 1 N–H and O–H groups in total. The van der Waals surface area contributed by atoms with E-state index in [0.29, 0.717) is 6.61 Å². The molecule has 1 aromatic heterocycles. The normalized spacial score (nSPS) is 22.8. The molecule has 0 saturated carbocycles. The molecule has 1 aromatic carbocycles. The Morgan fingerprint density at radius 3 is 2.86 bits per heavy atom. The molecule has 1 saturated heterocycles. The molecule has 3 rings (SSSR count). The van der Waals surface area contributed by atoms with Gasteiger partial charge in [-0.2, -0.15) is 0 Å². The minimum atomic E-state index is 0.0950. The second kappa shape index (κ2) is 6.90. The van der Waals surface area contributed by atoms with Gasteiger partial charge in [-0.15, -0.1) is 11.3 Å². The molecule has 0 radical (unpaired) electrons. The maximum Gasteiger partial charge on any atom is 0.107 e. The first-order chi connectivity index (χ1) is 10.7. The molecule has 0 amide bonds. The molecule has 0 unspecified atom stereocenters. The van der Waals surface area contributed by atoms with Crippen LogP contribution in [0.2, 0.25) is 0 Å². The maximum atomic E-state index is 9.74. The van der Waals surface area contributed by atoms with Crippen molar-refractivity contribution in [1.82, 2.24) is 9.88 Å². The molecule has 1 atom stereocenters. The Bertz CT molecular complexity index is 592. The average molecular weight is 316 g/mol. The molecule has 1 aliphatic heterocycles. The van der Waals surface area contributed by atoms with Gasteiger partial charge in [-0.25, -0.2) is 4.98 Å². The highest BCUT2D eigenvalue weighted by molar-refractivity contribution is 7.09. The molecule has 0 bridgehead atoms. The van der Waals surface area contributed by atoms with Gasteiger partial charge >= 0.3 is 0 Å². The Morgan fingerprint density at radius 1 is 1.32 bits per heavy atom. The first-order valence-electron chi connectivity index (χ1n) is 8.08. The Kier molecular flexibility index (Phi) is 4.91. The number of benzene rings is 1. The molecule has 22 heavy (non-hydrogen) atoms. The molecule has 3 nitrogen and oxygen atoms in total. The SMILES string of the molecule is CC[C@]1(CO)CCCN(Cc2nc(-c3ccccc3)cs2)C1. The van der Waals surface area contributed by atoms with Crippen LogP contribution in [0.3, 0.4) is 0 Å². The predicted octanol–water partition coefficient (Wildman–Crippen LogP) is 3.79. The number of aromatic nitrogens is 1. The van der Waals surface area contributed by atoms with Crippen LogP contribution in [0, 0.1) is 5.41 Å². The van der Waals surface area contributed by atoms with Crippen LogP contribution in [-0.4, -0.2) is 34.7 Å². The molecule has 0 aliphatic carbocycles. The fourth-order valence-corrected chi connectivity index (χ4v) is 4.14. The van der Waals surface area contributed by atoms with Crippen molar-refractivity contribution >= 4 is 11.3 Å². The third-order valence-corrected chi connectivity index (χ3v) is 5.64. The van der Waals surface area contributed by atoms with Gasteiger partial charge in [0, 0.05) is 29.5 Å². The van der Waals surface area contributed by atoms with Crippen molar-refractivity contribution in [3.8, 4) is 11.3 Å². The first kappa shape index (κ1) is 15.7. The van der Waals surface area contributed by atoms with Gasteiger partial charge in [0.1, 0.15) is 5.01 Å². The van der Waals surface area contributed by atoms with Crippen LogP contribution < -0.4 is 0 Å². The number of thiazole rings is 1. The highest BCUT2D eigenvalue weighted by Crippen LogP contribution is 2.33. The van der Waals surface area contributed by atoms with Crippen LogP contribution in [0.4, 0.5) is 0 Å². The number of likely N-dealkylation sites (tertiary alicyclic amines) is 1.